The molecule has 0 unspecified atom stereocenters. The van der Waals surface area contributed by atoms with Crippen molar-refractivity contribution in [2.45, 2.75) is 25.8 Å². The first-order valence-corrected chi connectivity index (χ1v) is 8.77. The Morgan fingerprint density at radius 2 is 1.84 bits per heavy atom. The molecule has 0 aliphatic carbocycles. The van der Waals surface area contributed by atoms with Crippen LogP contribution in [0.25, 0.3) is 5.69 Å². The molecule has 1 aromatic carbocycles. The van der Waals surface area contributed by atoms with Crippen molar-refractivity contribution in [3.8, 4) is 5.69 Å². The summed E-state index contributed by atoms with van der Waals surface area (Å²) in [5.41, 5.74) is 2.32. The van der Waals surface area contributed by atoms with E-state index in [9.17, 15) is 0 Å². The molecule has 3 heterocycles. The van der Waals surface area contributed by atoms with Crippen LogP contribution in [0, 0.1) is 0 Å². The SMILES string of the molecule is c1cn(-c2ccc(CNc3cc(N4CCCCC4)ncn3)cc2)cn1. The van der Waals surface area contributed by atoms with E-state index in [4.69, 9.17) is 0 Å². The molecule has 0 spiro atoms. The summed E-state index contributed by atoms with van der Waals surface area (Å²) in [5.74, 6) is 1.89. The second-order valence-corrected chi connectivity index (χ2v) is 6.30. The van der Waals surface area contributed by atoms with Gasteiger partial charge in [-0.3, -0.25) is 0 Å². The standard InChI is InChI=1S/C19H22N6/c1-2-9-24(10-3-1)19-12-18(22-14-23-19)21-13-16-4-6-17(7-5-16)25-11-8-20-15-25/h4-8,11-12,14-15H,1-3,9-10,13H2,(H,21,22,23). The van der Waals surface area contributed by atoms with E-state index >= 15 is 0 Å². The lowest BCUT2D eigenvalue weighted by atomic mass is 10.1. The third-order valence-electron chi connectivity index (χ3n) is 4.55. The third-order valence-corrected chi connectivity index (χ3v) is 4.55. The first kappa shape index (κ1) is 15.6. The highest BCUT2D eigenvalue weighted by Gasteiger charge is 2.12. The van der Waals surface area contributed by atoms with Crippen LogP contribution in [0.4, 0.5) is 11.6 Å². The van der Waals surface area contributed by atoms with E-state index in [-0.39, 0.29) is 0 Å². The van der Waals surface area contributed by atoms with Crippen molar-refractivity contribution in [1.82, 2.24) is 19.5 Å². The van der Waals surface area contributed by atoms with E-state index in [1.54, 1.807) is 18.9 Å². The Kier molecular flexibility index (Phi) is 4.59. The molecule has 25 heavy (non-hydrogen) atoms. The van der Waals surface area contributed by atoms with E-state index in [1.165, 1.54) is 24.8 Å². The van der Waals surface area contributed by atoms with Crippen LogP contribution >= 0.6 is 0 Å². The zero-order valence-corrected chi connectivity index (χ0v) is 14.2. The summed E-state index contributed by atoms with van der Waals surface area (Å²) < 4.78 is 1.99. The maximum absolute atomic E-state index is 4.42. The molecule has 0 atom stereocenters. The fourth-order valence-corrected chi connectivity index (χ4v) is 3.13. The number of hydrogen-bond acceptors (Lipinski definition) is 5. The average Bonchev–Trinajstić information content (AvgIpc) is 3.23. The molecule has 0 bridgehead atoms. The fraction of sp³-hybridized carbons (Fsp3) is 0.316. The molecule has 4 rings (SSSR count). The molecule has 0 amide bonds. The molecule has 128 valence electrons. The molecule has 1 aliphatic rings. The van der Waals surface area contributed by atoms with Gasteiger partial charge in [-0.1, -0.05) is 12.1 Å². The number of nitrogens with zero attached hydrogens (tertiary/aromatic N) is 5. The molecule has 6 nitrogen and oxygen atoms in total. The normalized spacial score (nSPS) is 14.5. The number of rotatable bonds is 5. The number of aromatic nitrogens is 4. The average molecular weight is 334 g/mol. The second-order valence-electron chi connectivity index (χ2n) is 6.30. The lowest BCUT2D eigenvalue weighted by Gasteiger charge is -2.27. The number of anilines is 2. The summed E-state index contributed by atoms with van der Waals surface area (Å²) >= 11 is 0. The minimum atomic E-state index is 0.737. The minimum Gasteiger partial charge on any atom is -0.366 e. The van der Waals surface area contributed by atoms with Crippen LogP contribution in [0.2, 0.25) is 0 Å². The van der Waals surface area contributed by atoms with Gasteiger partial charge in [0.2, 0.25) is 0 Å². The van der Waals surface area contributed by atoms with Crippen molar-refractivity contribution in [3.05, 3.63) is 60.9 Å². The van der Waals surface area contributed by atoms with Crippen LogP contribution in [-0.2, 0) is 6.54 Å². The van der Waals surface area contributed by atoms with E-state index in [0.717, 1.165) is 37.0 Å². The van der Waals surface area contributed by atoms with Crippen LogP contribution in [-0.4, -0.2) is 32.6 Å². The Morgan fingerprint density at radius 1 is 1.00 bits per heavy atom. The summed E-state index contributed by atoms with van der Waals surface area (Å²) in [5, 5.41) is 3.40. The summed E-state index contributed by atoms with van der Waals surface area (Å²) in [4.78, 5) is 15.2. The lowest BCUT2D eigenvalue weighted by Crippen LogP contribution is -2.30. The molecule has 0 radical (unpaired) electrons. The van der Waals surface area contributed by atoms with Crippen molar-refractivity contribution in [3.63, 3.8) is 0 Å². The van der Waals surface area contributed by atoms with Crippen LogP contribution in [0.3, 0.4) is 0 Å². The monoisotopic (exact) mass is 334 g/mol. The smallest absolute Gasteiger partial charge is 0.134 e. The number of nitrogens with one attached hydrogen (secondary N) is 1. The van der Waals surface area contributed by atoms with Gasteiger partial charge in [-0.15, -0.1) is 0 Å². The van der Waals surface area contributed by atoms with Crippen molar-refractivity contribution in [1.29, 1.82) is 0 Å². The van der Waals surface area contributed by atoms with Gasteiger partial charge in [0.1, 0.15) is 18.0 Å². The Morgan fingerprint density at radius 3 is 2.60 bits per heavy atom. The topological polar surface area (TPSA) is 58.9 Å². The van der Waals surface area contributed by atoms with Crippen LogP contribution in [0.5, 0.6) is 0 Å². The minimum absolute atomic E-state index is 0.737. The summed E-state index contributed by atoms with van der Waals surface area (Å²) in [6.07, 6.45) is 11.0. The quantitative estimate of drug-likeness (QED) is 0.776. The van der Waals surface area contributed by atoms with Gasteiger partial charge in [0.25, 0.3) is 0 Å². The molecule has 1 aliphatic heterocycles. The van der Waals surface area contributed by atoms with Gasteiger partial charge in [0, 0.05) is 43.8 Å². The number of piperidine rings is 1. The highest BCUT2D eigenvalue weighted by atomic mass is 15.2. The molecule has 6 heteroatoms. The van der Waals surface area contributed by atoms with Gasteiger partial charge >= 0.3 is 0 Å². The molecule has 3 aromatic rings. The van der Waals surface area contributed by atoms with Gasteiger partial charge in [-0.2, -0.15) is 0 Å². The molecular weight excluding hydrogens is 312 g/mol. The van der Waals surface area contributed by atoms with Crippen molar-refractivity contribution >= 4 is 11.6 Å². The van der Waals surface area contributed by atoms with Gasteiger partial charge in [-0.05, 0) is 37.0 Å². The molecule has 1 saturated heterocycles. The van der Waals surface area contributed by atoms with Crippen LogP contribution < -0.4 is 10.2 Å². The second kappa shape index (κ2) is 7.34. The first-order valence-electron chi connectivity index (χ1n) is 8.77. The van der Waals surface area contributed by atoms with Gasteiger partial charge in [0.05, 0.1) is 6.33 Å². The summed E-state index contributed by atoms with van der Waals surface area (Å²) in [6.45, 7) is 2.92. The van der Waals surface area contributed by atoms with Gasteiger partial charge < -0.3 is 14.8 Å². The maximum atomic E-state index is 4.42. The Labute approximate surface area is 147 Å². The molecule has 2 aromatic heterocycles. The van der Waals surface area contributed by atoms with E-state index in [1.807, 2.05) is 16.8 Å². The summed E-state index contributed by atoms with van der Waals surface area (Å²) in [6, 6.07) is 10.5. The molecule has 1 fully saturated rings. The molecule has 1 N–H and O–H groups in total. The Bertz CT molecular complexity index is 791. The van der Waals surface area contributed by atoms with Crippen LogP contribution in [0.1, 0.15) is 24.8 Å². The van der Waals surface area contributed by atoms with E-state index in [0.29, 0.717) is 0 Å². The number of benzene rings is 1. The van der Waals surface area contributed by atoms with Crippen molar-refractivity contribution in [2.24, 2.45) is 0 Å². The predicted molar refractivity (Wildman–Crippen MR) is 99.0 cm³/mol. The maximum Gasteiger partial charge on any atom is 0.134 e. The fourth-order valence-electron chi connectivity index (χ4n) is 3.13. The molecule has 0 saturated carbocycles. The van der Waals surface area contributed by atoms with Crippen LogP contribution in [0.15, 0.2) is 55.4 Å². The zero-order valence-electron chi connectivity index (χ0n) is 14.2. The predicted octanol–water partition coefficient (Wildman–Crippen LogP) is 3.26. The highest BCUT2D eigenvalue weighted by molar-refractivity contribution is 5.49. The van der Waals surface area contributed by atoms with Crippen molar-refractivity contribution < 1.29 is 0 Å². The Balaban J connectivity index is 1.39. The molecular formula is C19H22N6. The van der Waals surface area contributed by atoms with Crippen molar-refractivity contribution in [2.75, 3.05) is 23.3 Å². The van der Waals surface area contributed by atoms with E-state index < -0.39 is 0 Å². The number of imidazole rings is 1. The first-order chi connectivity index (χ1) is 12.4. The largest absolute Gasteiger partial charge is 0.366 e. The summed E-state index contributed by atoms with van der Waals surface area (Å²) in [7, 11) is 0. The lowest BCUT2D eigenvalue weighted by molar-refractivity contribution is 0.573. The highest BCUT2D eigenvalue weighted by Crippen LogP contribution is 2.19. The van der Waals surface area contributed by atoms with Gasteiger partial charge in [0.15, 0.2) is 0 Å². The Hall–Kier alpha value is -2.89. The third kappa shape index (κ3) is 3.79. The van der Waals surface area contributed by atoms with E-state index in [2.05, 4.69) is 49.4 Å². The zero-order chi connectivity index (χ0) is 16.9. The van der Waals surface area contributed by atoms with Gasteiger partial charge in [-0.25, -0.2) is 15.0 Å². The number of hydrogen-bond donors (Lipinski definition) is 1.